The Bertz CT molecular complexity index is 1010. The average molecular weight is 419 g/mol. The number of nitrogen functional groups attached to an aromatic ring is 1. The van der Waals surface area contributed by atoms with Crippen molar-refractivity contribution in [3.05, 3.63) is 53.6 Å². The molecule has 1 heterocycles. The number of carbonyl (C=O) groups excluding carboxylic acids is 1. The van der Waals surface area contributed by atoms with Crippen LogP contribution in [0.2, 0.25) is 0 Å². The summed E-state index contributed by atoms with van der Waals surface area (Å²) in [6.45, 7) is 1.02. The van der Waals surface area contributed by atoms with Crippen molar-refractivity contribution in [3.63, 3.8) is 0 Å². The van der Waals surface area contributed by atoms with Gasteiger partial charge in [0.05, 0.1) is 5.75 Å². The number of anilines is 1. The van der Waals surface area contributed by atoms with Crippen molar-refractivity contribution < 1.29 is 18.3 Å². The average Bonchev–Trinajstić information content (AvgIpc) is 3.03. The quantitative estimate of drug-likeness (QED) is 0.449. The minimum atomic E-state index is -2.89. The van der Waals surface area contributed by atoms with Gasteiger partial charge in [-0.2, -0.15) is 8.78 Å². The Morgan fingerprint density at radius 1 is 1.21 bits per heavy atom. The number of nitrogens with zero attached hydrogens (tertiary/aromatic N) is 3. The number of thioether (sulfide) groups is 1. The number of hydrogen-bond acceptors (Lipinski definition) is 6. The van der Waals surface area contributed by atoms with Crippen LogP contribution in [0.1, 0.15) is 11.1 Å². The Hall–Kier alpha value is -3.14. The minimum Gasteiger partial charge on any atom is -0.435 e. The summed E-state index contributed by atoms with van der Waals surface area (Å²) < 4.78 is 30.0. The number of carbonyl (C=O) groups is 1. The zero-order valence-electron chi connectivity index (χ0n) is 15.7. The van der Waals surface area contributed by atoms with E-state index in [1.54, 1.807) is 12.1 Å². The van der Waals surface area contributed by atoms with Crippen LogP contribution in [0.4, 0.5) is 14.5 Å². The van der Waals surface area contributed by atoms with Crippen molar-refractivity contribution in [1.82, 2.24) is 14.9 Å². The Labute approximate surface area is 170 Å². The molecule has 0 spiro atoms. The number of amides is 1. The van der Waals surface area contributed by atoms with Gasteiger partial charge in [0.15, 0.2) is 5.82 Å². The van der Waals surface area contributed by atoms with Crippen molar-refractivity contribution in [2.45, 2.75) is 25.6 Å². The highest BCUT2D eigenvalue weighted by molar-refractivity contribution is 7.99. The van der Waals surface area contributed by atoms with Crippen LogP contribution in [0, 0.1) is 13.8 Å². The monoisotopic (exact) mass is 419 g/mol. The predicted octanol–water partition coefficient (Wildman–Crippen LogP) is 3.61. The third kappa shape index (κ3) is 5.23. The maximum absolute atomic E-state index is 12.2. The van der Waals surface area contributed by atoms with Crippen LogP contribution in [0.3, 0.4) is 0 Å². The number of alkyl halides is 2. The molecule has 0 saturated carbocycles. The van der Waals surface area contributed by atoms with Gasteiger partial charge in [0.2, 0.25) is 11.1 Å². The standard InChI is InChI=1S/C19H19F2N5O2S/c1-11-3-8-15(12(2)9-11)23-16(27)10-29-19-25-24-17(26(19)22)13-4-6-14(7-5-13)28-18(20)21/h3-9,18H,10,22H2,1-2H3,(H,23,27). The summed E-state index contributed by atoms with van der Waals surface area (Å²) in [5, 5.41) is 11.2. The zero-order valence-corrected chi connectivity index (χ0v) is 16.5. The molecule has 0 atom stereocenters. The lowest BCUT2D eigenvalue weighted by molar-refractivity contribution is -0.113. The fraction of sp³-hybridized carbons (Fsp3) is 0.211. The fourth-order valence-electron chi connectivity index (χ4n) is 2.63. The molecule has 0 bridgehead atoms. The smallest absolute Gasteiger partial charge is 0.387 e. The van der Waals surface area contributed by atoms with Crippen LogP contribution in [-0.2, 0) is 4.79 Å². The summed E-state index contributed by atoms with van der Waals surface area (Å²) in [4.78, 5) is 12.2. The van der Waals surface area contributed by atoms with Crippen LogP contribution in [-0.4, -0.2) is 33.1 Å². The van der Waals surface area contributed by atoms with Crippen molar-refractivity contribution >= 4 is 23.4 Å². The van der Waals surface area contributed by atoms with Crippen molar-refractivity contribution in [2.24, 2.45) is 0 Å². The lowest BCUT2D eigenvalue weighted by Crippen LogP contribution is -2.17. The number of rotatable bonds is 7. The normalized spacial score (nSPS) is 10.9. The van der Waals surface area contributed by atoms with Gasteiger partial charge in [-0.3, -0.25) is 4.79 Å². The van der Waals surface area contributed by atoms with Gasteiger partial charge >= 0.3 is 6.61 Å². The second-order valence-electron chi connectivity index (χ2n) is 6.23. The van der Waals surface area contributed by atoms with Gasteiger partial charge in [-0.1, -0.05) is 29.5 Å². The Morgan fingerprint density at radius 2 is 1.93 bits per heavy atom. The summed E-state index contributed by atoms with van der Waals surface area (Å²) in [7, 11) is 0. The number of nitrogens with two attached hydrogens (primary N) is 1. The van der Waals surface area contributed by atoms with E-state index < -0.39 is 6.61 Å². The van der Waals surface area contributed by atoms with E-state index in [-0.39, 0.29) is 17.4 Å². The number of aromatic nitrogens is 3. The maximum Gasteiger partial charge on any atom is 0.387 e. The maximum atomic E-state index is 12.2. The zero-order chi connectivity index (χ0) is 21.0. The molecule has 0 fully saturated rings. The highest BCUT2D eigenvalue weighted by Crippen LogP contribution is 2.24. The third-order valence-electron chi connectivity index (χ3n) is 3.99. The molecule has 3 N–H and O–H groups in total. The highest BCUT2D eigenvalue weighted by atomic mass is 32.2. The fourth-order valence-corrected chi connectivity index (χ4v) is 3.28. The summed E-state index contributed by atoms with van der Waals surface area (Å²) >= 11 is 1.14. The van der Waals surface area contributed by atoms with Gasteiger partial charge in [0, 0.05) is 11.3 Å². The Balaban J connectivity index is 1.62. The number of nitrogens with one attached hydrogen (secondary N) is 1. The number of benzene rings is 2. The van der Waals surface area contributed by atoms with E-state index in [1.165, 1.54) is 16.8 Å². The van der Waals surface area contributed by atoms with Crippen LogP contribution in [0.5, 0.6) is 5.75 Å². The van der Waals surface area contributed by atoms with Gasteiger partial charge in [0.1, 0.15) is 5.75 Å². The molecule has 3 aromatic rings. The molecule has 0 saturated heterocycles. The van der Waals surface area contributed by atoms with E-state index in [9.17, 15) is 13.6 Å². The van der Waals surface area contributed by atoms with Crippen LogP contribution in [0.25, 0.3) is 11.4 Å². The van der Waals surface area contributed by atoms with Gasteiger partial charge < -0.3 is 15.9 Å². The number of ether oxygens (including phenoxy) is 1. The van der Waals surface area contributed by atoms with Gasteiger partial charge in [-0.05, 0) is 49.7 Å². The molecule has 1 aromatic heterocycles. The molecule has 0 aliphatic rings. The number of halogens is 2. The first-order valence-electron chi connectivity index (χ1n) is 8.59. The van der Waals surface area contributed by atoms with E-state index in [4.69, 9.17) is 5.84 Å². The molecule has 0 radical (unpaired) electrons. The van der Waals surface area contributed by atoms with Gasteiger partial charge in [0.25, 0.3) is 0 Å². The molecule has 152 valence electrons. The lowest BCUT2D eigenvalue weighted by atomic mass is 10.1. The summed E-state index contributed by atoms with van der Waals surface area (Å²) in [6.07, 6.45) is 0. The molecule has 2 aromatic carbocycles. The van der Waals surface area contributed by atoms with Crippen LogP contribution < -0.4 is 15.9 Å². The highest BCUT2D eigenvalue weighted by Gasteiger charge is 2.15. The largest absolute Gasteiger partial charge is 0.435 e. The van der Waals surface area contributed by atoms with Crippen molar-refractivity contribution in [2.75, 3.05) is 16.9 Å². The summed E-state index contributed by atoms with van der Waals surface area (Å²) in [5.74, 6) is 6.30. The van der Waals surface area contributed by atoms with E-state index in [0.717, 1.165) is 28.6 Å². The van der Waals surface area contributed by atoms with Crippen LogP contribution in [0.15, 0.2) is 47.6 Å². The predicted molar refractivity (Wildman–Crippen MR) is 108 cm³/mol. The molecular weight excluding hydrogens is 400 g/mol. The first kappa shape index (κ1) is 20.6. The van der Waals surface area contributed by atoms with Gasteiger partial charge in [-0.15, -0.1) is 10.2 Å². The van der Waals surface area contributed by atoms with Crippen molar-refractivity contribution in [1.29, 1.82) is 0 Å². The molecular formula is C19H19F2N5O2S. The summed E-state index contributed by atoms with van der Waals surface area (Å²) in [5.41, 5.74) is 3.43. The second-order valence-corrected chi connectivity index (χ2v) is 7.18. The third-order valence-corrected chi connectivity index (χ3v) is 4.93. The second kappa shape index (κ2) is 8.91. The number of aryl methyl sites for hydroxylation is 2. The van der Waals surface area contributed by atoms with Crippen LogP contribution >= 0.6 is 11.8 Å². The Morgan fingerprint density at radius 3 is 2.59 bits per heavy atom. The molecule has 3 rings (SSSR count). The van der Waals surface area contributed by atoms with Gasteiger partial charge in [-0.25, -0.2) is 4.68 Å². The first-order chi connectivity index (χ1) is 13.8. The van der Waals surface area contributed by atoms with E-state index in [1.807, 2.05) is 32.0 Å². The molecule has 0 unspecified atom stereocenters. The molecule has 0 aliphatic heterocycles. The molecule has 7 nitrogen and oxygen atoms in total. The molecule has 0 aliphatic carbocycles. The van der Waals surface area contributed by atoms with E-state index in [2.05, 4.69) is 20.3 Å². The topological polar surface area (TPSA) is 95.1 Å². The van der Waals surface area contributed by atoms with Crippen molar-refractivity contribution in [3.8, 4) is 17.1 Å². The first-order valence-corrected chi connectivity index (χ1v) is 9.57. The molecule has 29 heavy (non-hydrogen) atoms. The SMILES string of the molecule is Cc1ccc(NC(=O)CSc2nnc(-c3ccc(OC(F)F)cc3)n2N)c(C)c1. The lowest BCUT2D eigenvalue weighted by Gasteiger charge is -2.09. The molecule has 1 amide bonds. The summed E-state index contributed by atoms with van der Waals surface area (Å²) in [6, 6.07) is 11.6. The Kier molecular flexibility index (Phi) is 6.32. The number of hydrogen-bond donors (Lipinski definition) is 2. The molecule has 10 heteroatoms. The van der Waals surface area contributed by atoms with E-state index >= 15 is 0 Å². The minimum absolute atomic E-state index is 0.0319. The van der Waals surface area contributed by atoms with E-state index in [0.29, 0.717) is 16.5 Å².